The van der Waals surface area contributed by atoms with E-state index in [1.165, 1.54) is 0 Å². The molecule has 0 bridgehead atoms. The summed E-state index contributed by atoms with van der Waals surface area (Å²) in [7, 11) is 3.79. The lowest BCUT2D eigenvalue weighted by Crippen LogP contribution is -2.49. The number of carbonyl (C=O) groups excluding carboxylic acids is 1. The molecule has 0 aliphatic carbocycles. The normalized spacial score (nSPS) is 18.0. The van der Waals surface area contributed by atoms with Crippen LogP contribution in [0.15, 0.2) is 24.7 Å². The average molecular weight is 339 g/mol. The molecule has 0 radical (unpaired) electrons. The minimum absolute atomic E-state index is 0.00185. The van der Waals surface area contributed by atoms with Crippen molar-refractivity contribution < 1.29 is 4.79 Å². The molecule has 4 rings (SSSR count). The number of rotatable bonds is 2. The molecule has 25 heavy (non-hydrogen) atoms. The fraction of sp³-hybridized carbons (Fsp3) is 0.412. The van der Waals surface area contributed by atoms with Crippen molar-refractivity contribution in [2.45, 2.75) is 13.0 Å². The van der Waals surface area contributed by atoms with E-state index in [9.17, 15) is 4.79 Å². The maximum absolute atomic E-state index is 13.4. The van der Waals surface area contributed by atoms with Crippen molar-refractivity contribution in [2.24, 2.45) is 14.1 Å². The van der Waals surface area contributed by atoms with Crippen LogP contribution in [-0.4, -0.2) is 54.8 Å². The number of hydrogen-bond donors (Lipinski definition) is 1. The molecule has 1 unspecified atom stereocenters. The van der Waals surface area contributed by atoms with Gasteiger partial charge in [-0.05, 0) is 13.0 Å². The molecule has 130 valence electrons. The van der Waals surface area contributed by atoms with Crippen LogP contribution in [-0.2, 0) is 14.1 Å². The van der Waals surface area contributed by atoms with Crippen molar-refractivity contribution >= 4 is 16.9 Å². The summed E-state index contributed by atoms with van der Waals surface area (Å²) in [5.41, 5.74) is 2.19. The van der Waals surface area contributed by atoms with Gasteiger partial charge >= 0.3 is 0 Å². The highest BCUT2D eigenvalue weighted by Gasteiger charge is 2.32. The Bertz CT molecular complexity index is 942. The van der Waals surface area contributed by atoms with Crippen molar-refractivity contribution in [3.8, 4) is 0 Å². The van der Waals surface area contributed by atoms with E-state index in [1.807, 2.05) is 42.7 Å². The molecule has 1 amide bonds. The molecule has 1 aliphatic rings. The van der Waals surface area contributed by atoms with Crippen LogP contribution in [0.1, 0.15) is 27.9 Å². The standard InChI is InChI=1S/C17H21N7O/c1-11-8-12(13-9-20-23(3)15(13)21-11)17(25)24-7-4-18-10-14(24)16-19-5-6-22(16)2/h5-6,8-9,14,18H,4,7,10H2,1-3H3. The van der Waals surface area contributed by atoms with Crippen LogP contribution in [0.4, 0.5) is 0 Å². The number of carbonyl (C=O) groups is 1. The summed E-state index contributed by atoms with van der Waals surface area (Å²) in [6.07, 6.45) is 5.39. The van der Waals surface area contributed by atoms with E-state index in [4.69, 9.17) is 0 Å². The van der Waals surface area contributed by atoms with Crippen LogP contribution >= 0.6 is 0 Å². The lowest BCUT2D eigenvalue weighted by atomic mass is 10.1. The quantitative estimate of drug-likeness (QED) is 0.747. The van der Waals surface area contributed by atoms with Gasteiger partial charge in [-0.3, -0.25) is 9.48 Å². The minimum atomic E-state index is -0.0959. The summed E-state index contributed by atoms with van der Waals surface area (Å²) < 4.78 is 3.67. The number of hydrogen-bond acceptors (Lipinski definition) is 5. The molecule has 3 aromatic rings. The van der Waals surface area contributed by atoms with Crippen molar-refractivity contribution in [3.05, 3.63) is 41.7 Å². The van der Waals surface area contributed by atoms with E-state index >= 15 is 0 Å². The maximum atomic E-state index is 13.4. The predicted molar refractivity (Wildman–Crippen MR) is 93.1 cm³/mol. The molecule has 1 N–H and O–H groups in total. The third kappa shape index (κ3) is 2.58. The van der Waals surface area contributed by atoms with Gasteiger partial charge in [0.25, 0.3) is 5.91 Å². The smallest absolute Gasteiger partial charge is 0.255 e. The molecule has 1 atom stereocenters. The number of aryl methyl sites for hydroxylation is 3. The molecule has 1 aliphatic heterocycles. The largest absolute Gasteiger partial charge is 0.336 e. The highest BCUT2D eigenvalue weighted by Crippen LogP contribution is 2.26. The lowest BCUT2D eigenvalue weighted by molar-refractivity contribution is 0.0622. The second kappa shape index (κ2) is 5.96. The summed E-state index contributed by atoms with van der Waals surface area (Å²) in [4.78, 5) is 24.2. The Morgan fingerprint density at radius 3 is 2.96 bits per heavy atom. The fourth-order valence-electron chi connectivity index (χ4n) is 3.45. The van der Waals surface area contributed by atoms with Crippen molar-refractivity contribution in [1.82, 2.24) is 34.5 Å². The number of amides is 1. The van der Waals surface area contributed by atoms with E-state index in [2.05, 4.69) is 20.4 Å². The number of imidazole rings is 1. The molecule has 1 saturated heterocycles. The van der Waals surface area contributed by atoms with Crippen LogP contribution in [0.3, 0.4) is 0 Å². The fourth-order valence-corrected chi connectivity index (χ4v) is 3.45. The average Bonchev–Trinajstić information content (AvgIpc) is 3.20. The Morgan fingerprint density at radius 1 is 1.36 bits per heavy atom. The summed E-state index contributed by atoms with van der Waals surface area (Å²) in [6, 6.07) is 1.76. The Morgan fingerprint density at radius 2 is 2.20 bits per heavy atom. The number of pyridine rings is 1. The highest BCUT2D eigenvalue weighted by molar-refractivity contribution is 6.05. The molecule has 0 spiro atoms. The number of aromatic nitrogens is 5. The van der Waals surface area contributed by atoms with E-state index in [-0.39, 0.29) is 11.9 Å². The maximum Gasteiger partial charge on any atom is 0.255 e. The van der Waals surface area contributed by atoms with Crippen LogP contribution in [0.5, 0.6) is 0 Å². The molecule has 8 nitrogen and oxygen atoms in total. The van der Waals surface area contributed by atoms with Gasteiger partial charge in [-0.15, -0.1) is 0 Å². The van der Waals surface area contributed by atoms with Crippen LogP contribution in [0, 0.1) is 6.92 Å². The van der Waals surface area contributed by atoms with Crippen LogP contribution in [0.2, 0.25) is 0 Å². The topological polar surface area (TPSA) is 80.9 Å². The second-order valence-electron chi connectivity index (χ2n) is 6.43. The predicted octanol–water partition coefficient (Wildman–Crippen LogP) is 0.797. The Kier molecular flexibility index (Phi) is 3.76. The number of fused-ring (bicyclic) bond motifs is 1. The van der Waals surface area contributed by atoms with Crippen molar-refractivity contribution in [2.75, 3.05) is 19.6 Å². The van der Waals surface area contributed by atoms with E-state index in [0.29, 0.717) is 18.7 Å². The SMILES string of the molecule is Cc1cc(C(=O)N2CCNCC2c2nccn2C)c2cnn(C)c2n1. The first-order chi connectivity index (χ1) is 12.1. The van der Waals surface area contributed by atoms with Gasteiger partial charge in [0.1, 0.15) is 11.9 Å². The van der Waals surface area contributed by atoms with Crippen molar-refractivity contribution in [3.63, 3.8) is 0 Å². The highest BCUT2D eigenvalue weighted by atomic mass is 16.2. The van der Waals surface area contributed by atoms with Crippen LogP contribution in [0.25, 0.3) is 11.0 Å². The van der Waals surface area contributed by atoms with E-state index in [1.54, 1.807) is 17.1 Å². The van der Waals surface area contributed by atoms with E-state index < -0.39 is 0 Å². The van der Waals surface area contributed by atoms with Gasteiger partial charge in [0.15, 0.2) is 5.65 Å². The lowest BCUT2D eigenvalue weighted by Gasteiger charge is -2.36. The molecule has 4 heterocycles. The molecular weight excluding hydrogens is 318 g/mol. The zero-order valence-corrected chi connectivity index (χ0v) is 14.6. The Labute approximate surface area is 145 Å². The molecule has 8 heteroatoms. The summed E-state index contributed by atoms with van der Waals surface area (Å²) in [5.74, 6) is 0.881. The van der Waals surface area contributed by atoms with Gasteiger partial charge in [-0.25, -0.2) is 9.97 Å². The van der Waals surface area contributed by atoms with Gasteiger partial charge in [-0.1, -0.05) is 0 Å². The Balaban J connectivity index is 1.78. The van der Waals surface area contributed by atoms with Crippen LogP contribution < -0.4 is 5.32 Å². The van der Waals surface area contributed by atoms with Gasteiger partial charge in [0.05, 0.1) is 17.1 Å². The van der Waals surface area contributed by atoms with Gasteiger partial charge < -0.3 is 14.8 Å². The summed E-state index contributed by atoms with van der Waals surface area (Å²) in [6.45, 7) is 4.00. The van der Waals surface area contributed by atoms with Gasteiger partial charge in [0.2, 0.25) is 0 Å². The monoisotopic (exact) mass is 339 g/mol. The van der Waals surface area contributed by atoms with Crippen molar-refractivity contribution in [1.29, 1.82) is 0 Å². The minimum Gasteiger partial charge on any atom is -0.336 e. The number of nitrogens with one attached hydrogen (secondary N) is 1. The zero-order chi connectivity index (χ0) is 17.6. The zero-order valence-electron chi connectivity index (χ0n) is 14.6. The molecule has 0 aromatic carbocycles. The van der Waals surface area contributed by atoms with E-state index in [0.717, 1.165) is 29.1 Å². The first-order valence-corrected chi connectivity index (χ1v) is 8.34. The molecule has 3 aromatic heterocycles. The molecule has 0 saturated carbocycles. The second-order valence-corrected chi connectivity index (χ2v) is 6.43. The number of nitrogens with zero attached hydrogens (tertiary/aromatic N) is 6. The Hall–Kier alpha value is -2.74. The number of piperazine rings is 1. The first kappa shape index (κ1) is 15.8. The van der Waals surface area contributed by atoms with Gasteiger partial charge in [-0.2, -0.15) is 5.10 Å². The molecule has 1 fully saturated rings. The first-order valence-electron chi connectivity index (χ1n) is 8.34. The summed E-state index contributed by atoms with van der Waals surface area (Å²) in [5, 5.41) is 8.41. The van der Waals surface area contributed by atoms with Gasteiger partial charge in [0, 0.05) is 51.8 Å². The summed E-state index contributed by atoms with van der Waals surface area (Å²) >= 11 is 0. The third-order valence-corrected chi connectivity index (χ3v) is 4.72. The molecular formula is C17H21N7O. The third-order valence-electron chi connectivity index (χ3n) is 4.72.